The van der Waals surface area contributed by atoms with Crippen molar-refractivity contribution in [2.24, 2.45) is 0 Å². The number of hydrogen-bond acceptors (Lipinski definition) is 4. The van der Waals surface area contributed by atoms with Crippen molar-refractivity contribution in [3.8, 4) is 0 Å². The monoisotopic (exact) mass is 482 g/mol. The minimum atomic E-state index is -4.61. The van der Waals surface area contributed by atoms with Crippen LogP contribution in [0, 0.1) is 0 Å². The Morgan fingerprint density at radius 2 is 1.37 bits per heavy atom. The molecule has 0 N–H and O–H groups in total. The zero-order valence-corrected chi connectivity index (χ0v) is 18.5. The van der Waals surface area contributed by atoms with E-state index in [1.165, 1.54) is 0 Å². The normalized spacial score (nSPS) is 11.5. The maximum absolute atomic E-state index is 13.1. The summed E-state index contributed by atoms with van der Waals surface area (Å²) in [6.07, 6.45) is -4.61. The largest absolute Gasteiger partial charge is 0.454 e. The zero-order valence-electron chi connectivity index (χ0n) is 18.5. The Kier molecular flexibility index (Phi) is 6.86. The fourth-order valence-corrected chi connectivity index (χ4v) is 3.91. The number of hydrogen-bond donors (Lipinski definition) is 0. The van der Waals surface area contributed by atoms with Gasteiger partial charge in [-0.1, -0.05) is 54.6 Å². The second-order valence-corrected chi connectivity index (χ2v) is 7.96. The van der Waals surface area contributed by atoms with Crippen molar-refractivity contribution in [3.63, 3.8) is 0 Å². The van der Waals surface area contributed by atoms with Gasteiger partial charge in [0.1, 0.15) is 13.1 Å². The summed E-state index contributed by atoms with van der Waals surface area (Å²) in [5, 5.41) is 0.823. The van der Waals surface area contributed by atoms with Gasteiger partial charge in [0, 0.05) is 17.3 Å². The second kappa shape index (κ2) is 10.0. The van der Waals surface area contributed by atoms with E-state index < -0.39 is 31.2 Å². The predicted octanol–water partition coefficient (Wildman–Crippen LogP) is 4.29. The highest BCUT2D eigenvalue weighted by Gasteiger charge is 2.33. The maximum Gasteiger partial charge on any atom is 0.406 e. The molecule has 0 radical (unpaired) electrons. The van der Waals surface area contributed by atoms with Crippen LogP contribution in [-0.4, -0.2) is 40.7 Å². The van der Waals surface area contributed by atoms with Gasteiger partial charge in [0.05, 0.1) is 11.0 Å². The molecule has 0 unspecified atom stereocenters. The predicted molar refractivity (Wildman–Crippen MR) is 125 cm³/mol. The van der Waals surface area contributed by atoms with Gasteiger partial charge in [0.2, 0.25) is 0 Å². The lowest BCUT2D eigenvalue weighted by Gasteiger charge is -2.24. The summed E-state index contributed by atoms with van der Waals surface area (Å²) in [6.45, 7) is -2.90. The number of nitrogens with zero attached hydrogens (tertiary/aromatic N) is 2. The molecule has 3 aromatic carbocycles. The molecule has 0 aliphatic carbocycles. The van der Waals surface area contributed by atoms with E-state index in [9.17, 15) is 27.6 Å². The van der Waals surface area contributed by atoms with Crippen molar-refractivity contribution in [3.05, 3.63) is 94.6 Å². The fraction of sp³-hybridized carbons (Fsp3) is 0.192. The minimum Gasteiger partial charge on any atom is -0.454 e. The third-order valence-corrected chi connectivity index (χ3v) is 5.46. The molecular formula is C26H21F3N2O4. The molecule has 0 spiro atoms. The van der Waals surface area contributed by atoms with Gasteiger partial charge in [0.15, 0.2) is 12.0 Å². The van der Waals surface area contributed by atoms with Gasteiger partial charge in [-0.15, -0.1) is 0 Å². The van der Waals surface area contributed by atoms with E-state index in [1.807, 2.05) is 0 Å². The van der Waals surface area contributed by atoms with Crippen molar-refractivity contribution < 1.29 is 27.5 Å². The molecule has 1 amide bonds. The first kappa shape index (κ1) is 24.0. The van der Waals surface area contributed by atoms with Gasteiger partial charge in [-0.25, -0.2) is 0 Å². The molecular weight excluding hydrogens is 461 g/mol. The van der Waals surface area contributed by atoms with Crippen molar-refractivity contribution in [1.82, 2.24) is 9.47 Å². The number of esters is 1. The molecule has 35 heavy (non-hydrogen) atoms. The number of rotatable bonds is 7. The van der Waals surface area contributed by atoms with Crippen LogP contribution >= 0.6 is 0 Å². The van der Waals surface area contributed by atoms with Gasteiger partial charge in [0.25, 0.3) is 5.91 Å². The van der Waals surface area contributed by atoms with Crippen LogP contribution in [0.5, 0.6) is 0 Å². The summed E-state index contributed by atoms with van der Waals surface area (Å²) >= 11 is 0. The standard InChI is InChI=1S/C26H21F3N2O4/c27-26(28,29)17-30(14-18-8-2-1-3-9-18)23(32)16-35-24(33)15-31-21-12-6-4-10-19(21)25(34)20-11-5-7-13-22(20)31/h1-13H,14-17H2. The number of fused-ring (bicyclic) bond motifs is 2. The number of pyridine rings is 1. The fourth-order valence-electron chi connectivity index (χ4n) is 3.91. The Labute approximate surface area is 198 Å². The molecule has 0 fully saturated rings. The van der Waals surface area contributed by atoms with Gasteiger partial charge >= 0.3 is 12.1 Å². The Morgan fingerprint density at radius 1 is 0.829 bits per heavy atom. The van der Waals surface area contributed by atoms with Gasteiger partial charge in [-0.3, -0.25) is 14.4 Å². The summed E-state index contributed by atoms with van der Waals surface area (Å²) in [4.78, 5) is 38.6. The van der Waals surface area contributed by atoms with Gasteiger partial charge in [-0.05, 0) is 29.8 Å². The third-order valence-electron chi connectivity index (χ3n) is 5.46. The number of carbonyl (C=O) groups is 2. The first-order chi connectivity index (χ1) is 16.7. The molecule has 180 valence electrons. The number of alkyl halides is 3. The van der Waals surface area contributed by atoms with E-state index in [2.05, 4.69) is 0 Å². The van der Waals surface area contributed by atoms with E-state index in [0.29, 0.717) is 32.3 Å². The highest BCUT2D eigenvalue weighted by Crippen LogP contribution is 2.20. The smallest absolute Gasteiger partial charge is 0.406 e. The minimum absolute atomic E-state index is 0.181. The third kappa shape index (κ3) is 5.68. The lowest BCUT2D eigenvalue weighted by Crippen LogP contribution is -2.40. The number of halogens is 3. The van der Waals surface area contributed by atoms with Crippen molar-refractivity contribution in [2.45, 2.75) is 19.3 Å². The zero-order chi connectivity index (χ0) is 25.0. The molecule has 0 saturated carbocycles. The SMILES string of the molecule is O=C(Cn1c2ccccc2c(=O)c2ccccc21)OCC(=O)N(Cc1ccccc1)CC(F)(F)F. The number of para-hydroxylation sites is 2. The highest BCUT2D eigenvalue weighted by molar-refractivity contribution is 5.94. The van der Waals surface area contributed by atoms with Crippen molar-refractivity contribution >= 4 is 33.7 Å². The molecule has 4 rings (SSSR count). The first-order valence-corrected chi connectivity index (χ1v) is 10.8. The van der Waals surface area contributed by atoms with E-state index in [-0.39, 0.29) is 18.5 Å². The maximum atomic E-state index is 13.1. The van der Waals surface area contributed by atoms with Gasteiger partial charge < -0.3 is 14.2 Å². The number of carbonyl (C=O) groups excluding carboxylic acids is 2. The molecule has 0 aliphatic rings. The quantitative estimate of drug-likeness (QED) is 0.291. The van der Waals surface area contributed by atoms with E-state index in [4.69, 9.17) is 4.74 Å². The van der Waals surface area contributed by atoms with E-state index in [1.54, 1.807) is 83.4 Å². The number of benzene rings is 3. The Balaban J connectivity index is 1.52. The number of aromatic nitrogens is 1. The summed E-state index contributed by atoms with van der Waals surface area (Å²) < 4.78 is 45.8. The summed E-state index contributed by atoms with van der Waals surface area (Å²) in [5.41, 5.74) is 1.34. The number of amides is 1. The average molecular weight is 482 g/mol. The lowest BCUT2D eigenvalue weighted by molar-refractivity contribution is -0.167. The van der Waals surface area contributed by atoms with E-state index in [0.717, 1.165) is 0 Å². The molecule has 0 bridgehead atoms. The molecule has 0 atom stereocenters. The Hall–Kier alpha value is -4.14. The topological polar surface area (TPSA) is 68.6 Å². The second-order valence-electron chi connectivity index (χ2n) is 7.96. The highest BCUT2D eigenvalue weighted by atomic mass is 19.4. The van der Waals surface area contributed by atoms with Crippen LogP contribution < -0.4 is 5.43 Å². The average Bonchev–Trinajstić information content (AvgIpc) is 2.84. The summed E-state index contributed by atoms with van der Waals surface area (Å²) in [5.74, 6) is -1.78. The van der Waals surface area contributed by atoms with Crippen LogP contribution in [0.25, 0.3) is 21.8 Å². The molecule has 4 aromatic rings. The lowest BCUT2D eigenvalue weighted by atomic mass is 10.1. The van der Waals surface area contributed by atoms with Crippen molar-refractivity contribution in [2.75, 3.05) is 13.2 Å². The van der Waals surface area contributed by atoms with Crippen LogP contribution in [-0.2, 0) is 27.4 Å². The van der Waals surface area contributed by atoms with Crippen molar-refractivity contribution in [1.29, 1.82) is 0 Å². The Bertz CT molecular complexity index is 1370. The van der Waals surface area contributed by atoms with Crippen LogP contribution in [0.15, 0.2) is 83.7 Å². The van der Waals surface area contributed by atoms with Crippen LogP contribution in [0.3, 0.4) is 0 Å². The summed E-state index contributed by atoms with van der Waals surface area (Å²) in [7, 11) is 0. The number of ether oxygens (including phenoxy) is 1. The first-order valence-electron chi connectivity index (χ1n) is 10.8. The van der Waals surface area contributed by atoms with E-state index >= 15 is 0 Å². The van der Waals surface area contributed by atoms with Crippen LogP contribution in [0.2, 0.25) is 0 Å². The molecule has 9 heteroatoms. The molecule has 1 heterocycles. The molecule has 0 saturated heterocycles. The van der Waals surface area contributed by atoms with Gasteiger partial charge in [-0.2, -0.15) is 13.2 Å². The Morgan fingerprint density at radius 3 is 1.94 bits per heavy atom. The molecule has 1 aromatic heterocycles. The summed E-state index contributed by atoms with van der Waals surface area (Å²) in [6, 6.07) is 21.8. The van der Waals surface area contributed by atoms with Crippen LogP contribution in [0.4, 0.5) is 13.2 Å². The molecule has 0 aliphatic heterocycles. The molecule has 6 nitrogen and oxygen atoms in total. The van der Waals surface area contributed by atoms with Crippen LogP contribution in [0.1, 0.15) is 5.56 Å².